The molecule has 4 aromatic rings. The van der Waals surface area contributed by atoms with Gasteiger partial charge in [-0.25, -0.2) is 9.77 Å². The van der Waals surface area contributed by atoms with Crippen LogP contribution < -0.4 is 14.9 Å². The molecule has 4 rings (SSSR count). The number of para-hydroxylation sites is 2. The Morgan fingerprint density at radius 1 is 0.968 bits per heavy atom. The molecule has 2 N–H and O–H groups in total. The van der Waals surface area contributed by atoms with Gasteiger partial charge in [0, 0.05) is 16.1 Å². The van der Waals surface area contributed by atoms with Crippen LogP contribution in [0.25, 0.3) is 11.4 Å². The lowest BCUT2D eigenvalue weighted by atomic mass is 10.2. The largest absolute Gasteiger partial charge is 0.496 e. The van der Waals surface area contributed by atoms with Crippen LogP contribution in [0, 0.1) is 4.77 Å². The predicted octanol–water partition coefficient (Wildman–Crippen LogP) is 5.59. The van der Waals surface area contributed by atoms with E-state index in [0.717, 1.165) is 22.4 Å². The molecule has 0 aliphatic rings. The van der Waals surface area contributed by atoms with Crippen LogP contribution >= 0.6 is 23.8 Å². The molecule has 31 heavy (non-hydrogen) atoms. The fourth-order valence-corrected chi connectivity index (χ4v) is 3.57. The molecule has 0 spiro atoms. The minimum Gasteiger partial charge on any atom is -0.496 e. The van der Waals surface area contributed by atoms with Crippen LogP contribution in [0.15, 0.2) is 72.8 Å². The number of hydrogen-bond acceptors (Lipinski definition) is 5. The van der Waals surface area contributed by atoms with Crippen LogP contribution in [0.5, 0.6) is 11.5 Å². The first-order valence-corrected chi connectivity index (χ1v) is 10.4. The topological polar surface area (TPSA) is 64.1 Å². The van der Waals surface area contributed by atoms with E-state index in [-0.39, 0.29) is 0 Å². The molecule has 1 aromatic heterocycles. The van der Waals surface area contributed by atoms with Gasteiger partial charge in [0.25, 0.3) is 0 Å². The molecular formula is C23H21ClN4O2S. The molecule has 1 heterocycles. The SMILES string of the molecule is COc1ccccc1-c1n[nH]c(=S)n1NCc1ccccc1OCc1ccccc1Cl. The fourth-order valence-electron chi connectivity index (χ4n) is 3.18. The number of aromatic nitrogens is 3. The second kappa shape index (κ2) is 9.68. The van der Waals surface area contributed by atoms with Crippen molar-refractivity contribution in [3.8, 4) is 22.9 Å². The highest BCUT2D eigenvalue weighted by atomic mass is 35.5. The van der Waals surface area contributed by atoms with E-state index in [0.29, 0.717) is 34.5 Å². The summed E-state index contributed by atoms with van der Waals surface area (Å²) in [5.41, 5.74) is 6.07. The molecule has 0 aliphatic carbocycles. The smallest absolute Gasteiger partial charge is 0.214 e. The van der Waals surface area contributed by atoms with Gasteiger partial charge < -0.3 is 14.9 Å². The number of aromatic amines is 1. The highest BCUT2D eigenvalue weighted by Gasteiger charge is 2.14. The van der Waals surface area contributed by atoms with Crippen LogP contribution in [0.4, 0.5) is 0 Å². The minimum absolute atomic E-state index is 0.383. The van der Waals surface area contributed by atoms with E-state index in [9.17, 15) is 0 Å². The summed E-state index contributed by atoms with van der Waals surface area (Å²) in [5.74, 6) is 2.11. The van der Waals surface area contributed by atoms with Gasteiger partial charge in [0.15, 0.2) is 5.82 Å². The monoisotopic (exact) mass is 452 g/mol. The number of hydrogen-bond donors (Lipinski definition) is 2. The third-order valence-electron chi connectivity index (χ3n) is 4.76. The second-order valence-corrected chi connectivity index (χ2v) is 7.50. The first kappa shape index (κ1) is 21.0. The minimum atomic E-state index is 0.383. The fraction of sp³-hybridized carbons (Fsp3) is 0.130. The van der Waals surface area contributed by atoms with Gasteiger partial charge in [-0.2, -0.15) is 5.10 Å². The maximum Gasteiger partial charge on any atom is 0.214 e. The van der Waals surface area contributed by atoms with Crippen molar-refractivity contribution in [1.29, 1.82) is 0 Å². The molecule has 8 heteroatoms. The van der Waals surface area contributed by atoms with Gasteiger partial charge in [-0.3, -0.25) is 0 Å². The number of nitrogens with zero attached hydrogens (tertiary/aromatic N) is 2. The van der Waals surface area contributed by atoms with Crippen molar-refractivity contribution in [3.63, 3.8) is 0 Å². The number of methoxy groups -OCH3 is 1. The summed E-state index contributed by atoms with van der Waals surface area (Å²) in [6.45, 7) is 0.864. The van der Waals surface area contributed by atoms with Crippen molar-refractivity contribution >= 4 is 23.8 Å². The Morgan fingerprint density at radius 2 is 1.65 bits per heavy atom. The summed E-state index contributed by atoms with van der Waals surface area (Å²) < 4.78 is 13.7. The van der Waals surface area contributed by atoms with Crippen molar-refractivity contribution in [2.24, 2.45) is 0 Å². The van der Waals surface area contributed by atoms with E-state index >= 15 is 0 Å². The lowest BCUT2D eigenvalue weighted by Gasteiger charge is -2.15. The molecule has 158 valence electrons. The highest BCUT2D eigenvalue weighted by molar-refractivity contribution is 7.71. The zero-order valence-corrected chi connectivity index (χ0v) is 18.4. The molecule has 0 saturated carbocycles. The first-order chi connectivity index (χ1) is 15.2. The van der Waals surface area contributed by atoms with E-state index in [1.165, 1.54) is 0 Å². The highest BCUT2D eigenvalue weighted by Crippen LogP contribution is 2.28. The number of H-pyrrole nitrogens is 1. The summed E-state index contributed by atoms with van der Waals surface area (Å²) in [6.07, 6.45) is 0. The normalized spacial score (nSPS) is 10.6. The van der Waals surface area contributed by atoms with Crippen molar-refractivity contribution < 1.29 is 9.47 Å². The molecule has 6 nitrogen and oxygen atoms in total. The van der Waals surface area contributed by atoms with E-state index < -0.39 is 0 Å². The summed E-state index contributed by atoms with van der Waals surface area (Å²) in [6, 6.07) is 23.1. The van der Waals surface area contributed by atoms with Gasteiger partial charge in [0.2, 0.25) is 4.77 Å². The zero-order chi connectivity index (χ0) is 21.6. The standard InChI is InChI=1S/C23H21ClN4O2S/c1-29-21-13-7-4-10-18(21)22-26-27-23(31)28(22)25-14-16-8-3-6-12-20(16)30-15-17-9-2-5-11-19(17)24/h2-13,25H,14-15H2,1H3,(H,27,31). The first-order valence-electron chi connectivity index (χ1n) is 9.66. The number of halogens is 1. The zero-order valence-electron chi connectivity index (χ0n) is 16.8. The Balaban J connectivity index is 1.54. The van der Waals surface area contributed by atoms with E-state index in [4.69, 9.17) is 33.3 Å². The second-order valence-electron chi connectivity index (χ2n) is 6.71. The van der Waals surface area contributed by atoms with Crippen molar-refractivity contribution in [1.82, 2.24) is 14.9 Å². The number of benzene rings is 3. The number of rotatable bonds is 8. The van der Waals surface area contributed by atoms with Gasteiger partial charge >= 0.3 is 0 Å². The van der Waals surface area contributed by atoms with E-state index in [2.05, 4.69) is 15.6 Å². The Kier molecular flexibility index (Phi) is 6.54. The molecule has 0 aliphatic heterocycles. The maximum atomic E-state index is 6.25. The molecule has 3 aromatic carbocycles. The van der Waals surface area contributed by atoms with Crippen molar-refractivity contribution in [2.45, 2.75) is 13.2 Å². The lowest BCUT2D eigenvalue weighted by molar-refractivity contribution is 0.303. The average molecular weight is 453 g/mol. The molecule has 0 fully saturated rings. The van der Waals surface area contributed by atoms with Gasteiger partial charge in [-0.15, -0.1) is 0 Å². The quantitative estimate of drug-likeness (QED) is 0.341. The van der Waals surface area contributed by atoms with E-state index in [1.54, 1.807) is 11.8 Å². The van der Waals surface area contributed by atoms with Crippen LogP contribution in [0.3, 0.4) is 0 Å². The molecule has 0 bridgehead atoms. The van der Waals surface area contributed by atoms with Crippen LogP contribution in [-0.2, 0) is 13.2 Å². The molecule has 0 unspecified atom stereocenters. The third-order valence-corrected chi connectivity index (χ3v) is 5.40. The van der Waals surface area contributed by atoms with E-state index in [1.807, 2.05) is 72.8 Å². The maximum absolute atomic E-state index is 6.25. The Morgan fingerprint density at radius 3 is 2.42 bits per heavy atom. The molecule has 0 amide bonds. The number of nitrogens with one attached hydrogen (secondary N) is 2. The molecule has 0 saturated heterocycles. The van der Waals surface area contributed by atoms with Gasteiger partial charge in [0.1, 0.15) is 18.1 Å². The summed E-state index contributed by atoms with van der Waals surface area (Å²) in [4.78, 5) is 0. The lowest BCUT2D eigenvalue weighted by Crippen LogP contribution is -2.16. The Hall–Kier alpha value is -3.29. The molecular weight excluding hydrogens is 432 g/mol. The van der Waals surface area contributed by atoms with Gasteiger partial charge in [-0.05, 0) is 36.5 Å². The Labute approximate surface area is 190 Å². The van der Waals surface area contributed by atoms with Gasteiger partial charge in [0.05, 0.1) is 19.2 Å². The summed E-state index contributed by atoms with van der Waals surface area (Å²) in [7, 11) is 1.63. The van der Waals surface area contributed by atoms with Crippen molar-refractivity contribution in [3.05, 3.63) is 93.7 Å². The average Bonchev–Trinajstić information content (AvgIpc) is 3.17. The van der Waals surface area contributed by atoms with Crippen LogP contribution in [-0.4, -0.2) is 22.0 Å². The summed E-state index contributed by atoms with van der Waals surface area (Å²) >= 11 is 11.7. The summed E-state index contributed by atoms with van der Waals surface area (Å²) in [5, 5.41) is 7.90. The Bertz CT molecular complexity index is 1240. The van der Waals surface area contributed by atoms with Crippen LogP contribution in [0.1, 0.15) is 11.1 Å². The van der Waals surface area contributed by atoms with Crippen LogP contribution in [0.2, 0.25) is 5.02 Å². The number of ether oxygens (including phenoxy) is 2. The predicted molar refractivity (Wildman–Crippen MR) is 125 cm³/mol. The van der Waals surface area contributed by atoms with Gasteiger partial charge in [-0.1, -0.05) is 60.1 Å². The molecule has 0 radical (unpaired) electrons. The third kappa shape index (κ3) is 4.73. The molecule has 0 atom stereocenters. The van der Waals surface area contributed by atoms with Crippen molar-refractivity contribution in [2.75, 3.05) is 12.5 Å².